The molecule has 0 aromatic heterocycles. The molecule has 18 heavy (non-hydrogen) atoms. The summed E-state index contributed by atoms with van der Waals surface area (Å²) in [5.74, 6) is -0.168. The van der Waals surface area contributed by atoms with E-state index in [-0.39, 0.29) is 11.9 Å². The minimum absolute atomic E-state index is 0.168. The van der Waals surface area contributed by atoms with Gasteiger partial charge in [0.15, 0.2) is 0 Å². The fourth-order valence-corrected chi connectivity index (χ4v) is 2.24. The van der Waals surface area contributed by atoms with Crippen LogP contribution in [0.2, 0.25) is 0 Å². The molecule has 0 aliphatic heterocycles. The predicted molar refractivity (Wildman–Crippen MR) is 76.2 cm³/mol. The van der Waals surface area contributed by atoms with Gasteiger partial charge in [0.1, 0.15) is 5.82 Å². The highest BCUT2D eigenvalue weighted by Gasteiger charge is 2.09. The lowest BCUT2D eigenvalue weighted by atomic mass is 10.0. The summed E-state index contributed by atoms with van der Waals surface area (Å²) in [5, 5.41) is 3.57. The topological polar surface area (TPSA) is 12.0 Å². The SMILES string of the molecule is CCCCCCC(C)NC(C)c1ccc(F)cc1. The number of hydrogen-bond acceptors (Lipinski definition) is 1. The predicted octanol–water partition coefficient (Wildman–Crippen LogP) is 4.84. The summed E-state index contributed by atoms with van der Waals surface area (Å²) in [5.41, 5.74) is 1.15. The highest BCUT2D eigenvalue weighted by atomic mass is 19.1. The van der Waals surface area contributed by atoms with Crippen molar-refractivity contribution in [1.82, 2.24) is 5.32 Å². The first-order chi connectivity index (χ1) is 8.63. The van der Waals surface area contributed by atoms with Crippen LogP contribution >= 0.6 is 0 Å². The van der Waals surface area contributed by atoms with E-state index in [1.54, 1.807) is 0 Å². The smallest absolute Gasteiger partial charge is 0.123 e. The van der Waals surface area contributed by atoms with Crippen LogP contribution in [0, 0.1) is 5.82 Å². The van der Waals surface area contributed by atoms with Crippen molar-refractivity contribution in [1.29, 1.82) is 0 Å². The Morgan fingerprint density at radius 2 is 1.72 bits per heavy atom. The summed E-state index contributed by atoms with van der Waals surface area (Å²) in [6.45, 7) is 6.60. The Balaban J connectivity index is 2.30. The number of halogens is 1. The van der Waals surface area contributed by atoms with Crippen LogP contribution < -0.4 is 5.32 Å². The lowest BCUT2D eigenvalue weighted by molar-refractivity contribution is 0.437. The van der Waals surface area contributed by atoms with Crippen LogP contribution in [0.5, 0.6) is 0 Å². The maximum absolute atomic E-state index is 12.8. The van der Waals surface area contributed by atoms with Crippen LogP contribution in [0.4, 0.5) is 4.39 Å². The fraction of sp³-hybridized carbons (Fsp3) is 0.625. The van der Waals surface area contributed by atoms with Crippen LogP contribution in [0.1, 0.15) is 64.5 Å². The van der Waals surface area contributed by atoms with Gasteiger partial charge in [-0.15, -0.1) is 0 Å². The van der Waals surface area contributed by atoms with Gasteiger partial charge in [0.2, 0.25) is 0 Å². The van der Waals surface area contributed by atoms with E-state index in [1.807, 2.05) is 12.1 Å². The normalized spacial score (nSPS) is 14.4. The Labute approximate surface area is 111 Å². The van der Waals surface area contributed by atoms with Gasteiger partial charge in [0, 0.05) is 12.1 Å². The highest BCUT2D eigenvalue weighted by molar-refractivity contribution is 5.19. The Hall–Kier alpha value is -0.890. The summed E-state index contributed by atoms with van der Waals surface area (Å²) in [4.78, 5) is 0. The number of unbranched alkanes of at least 4 members (excludes halogenated alkanes) is 3. The van der Waals surface area contributed by atoms with Gasteiger partial charge in [0.25, 0.3) is 0 Å². The van der Waals surface area contributed by atoms with E-state index in [2.05, 4.69) is 26.1 Å². The third kappa shape index (κ3) is 5.63. The van der Waals surface area contributed by atoms with Crippen molar-refractivity contribution in [3.05, 3.63) is 35.6 Å². The molecule has 2 atom stereocenters. The molecule has 0 radical (unpaired) electrons. The van der Waals surface area contributed by atoms with E-state index in [4.69, 9.17) is 0 Å². The van der Waals surface area contributed by atoms with Crippen molar-refractivity contribution in [2.75, 3.05) is 0 Å². The number of benzene rings is 1. The van der Waals surface area contributed by atoms with Gasteiger partial charge >= 0.3 is 0 Å². The first-order valence-electron chi connectivity index (χ1n) is 7.15. The molecule has 1 rings (SSSR count). The summed E-state index contributed by atoms with van der Waals surface area (Å²) in [7, 11) is 0. The Morgan fingerprint density at radius 3 is 2.33 bits per heavy atom. The average molecular weight is 251 g/mol. The molecule has 0 aliphatic carbocycles. The molecule has 0 amide bonds. The lowest BCUT2D eigenvalue weighted by Gasteiger charge is -2.20. The highest BCUT2D eigenvalue weighted by Crippen LogP contribution is 2.15. The van der Waals surface area contributed by atoms with Gasteiger partial charge < -0.3 is 5.32 Å². The zero-order valence-electron chi connectivity index (χ0n) is 11.9. The second kappa shape index (κ2) is 8.25. The zero-order chi connectivity index (χ0) is 13.4. The first kappa shape index (κ1) is 15.2. The summed E-state index contributed by atoms with van der Waals surface area (Å²) < 4.78 is 12.8. The second-order valence-corrected chi connectivity index (χ2v) is 5.19. The molecule has 2 unspecified atom stereocenters. The Morgan fingerprint density at radius 1 is 1.06 bits per heavy atom. The molecule has 0 fully saturated rings. The van der Waals surface area contributed by atoms with Crippen molar-refractivity contribution in [2.24, 2.45) is 0 Å². The number of rotatable bonds is 8. The third-order valence-corrected chi connectivity index (χ3v) is 3.40. The molecule has 0 heterocycles. The summed E-state index contributed by atoms with van der Waals surface area (Å²) in [6, 6.07) is 7.57. The van der Waals surface area contributed by atoms with Gasteiger partial charge in [-0.05, 0) is 38.0 Å². The maximum Gasteiger partial charge on any atom is 0.123 e. The largest absolute Gasteiger partial charge is 0.308 e. The Bertz CT molecular complexity index is 320. The van der Waals surface area contributed by atoms with Crippen molar-refractivity contribution in [3.63, 3.8) is 0 Å². The molecule has 0 saturated heterocycles. The van der Waals surface area contributed by atoms with Crippen LogP contribution in [0.25, 0.3) is 0 Å². The fourth-order valence-electron chi connectivity index (χ4n) is 2.24. The van der Waals surface area contributed by atoms with Gasteiger partial charge in [-0.25, -0.2) is 4.39 Å². The number of nitrogens with one attached hydrogen (secondary N) is 1. The molecule has 0 spiro atoms. The van der Waals surface area contributed by atoms with E-state index in [1.165, 1.54) is 44.2 Å². The quantitative estimate of drug-likeness (QED) is 0.652. The average Bonchev–Trinajstić information content (AvgIpc) is 2.35. The molecule has 2 heteroatoms. The van der Waals surface area contributed by atoms with Crippen LogP contribution in [-0.4, -0.2) is 6.04 Å². The molecule has 1 aromatic carbocycles. The van der Waals surface area contributed by atoms with Crippen LogP contribution in [0.15, 0.2) is 24.3 Å². The third-order valence-electron chi connectivity index (χ3n) is 3.40. The van der Waals surface area contributed by atoms with Crippen molar-refractivity contribution in [2.45, 2.75) is 65.0 Å². The van der Waals surface area contributed by atoms with E-state index in [0.717, 1.165) is 5.56 Å². The monoisotopic (exact) mass is 251 g/mol. The van der Waals surface area contributed by atoms with Crippen molar-refractivity contribution in [3.8, 4) is 0 Å². The van der Waals surface area contributed by atoms with E-state index in [0.29, 0.717) is 6.04 Å². The maximum atomic E-state index is 12.8. The van der Waals surface area contributed by atoms with Gasteiger partial charge in [-0.2, -0.15) is 0 Å². The second-order valence-electron chi connectivity index (χ2n) is 5.19. The zero-order valence-corrected chi connectivity index (χ0v) is 11.9. The summed E-state index contributed by atoms with van der Waals surface area (Å²) in [6.07, 6.45) is 6.45. The molecule has 102 valence electrons. The van der Waals surface area contributed by atoms with Crippen molar-refractivity contribution < 1.29 is 4.39 Å². The standard InChI is InChI=1S/C16H26FN/c1-4-5-6-7-8-13(2)18-14(3)15-9-11-16(17)12-10-15/h9-14,18H,4-8H2,1-3H3. The molecule has 0 bridgehead atoms. The van der Waals surface area contributed by atoms with E-state index in [9.17, 15) is 4.39 Å². The van der Waals surface area contributed by atoms with E-state index >= 15 is 0 Å². The number of hydrogen-bond donors (Lipinski definition) is 1. The molecule has 1 nitrogen and oxygen atoms in total. The molecular formula is C16H26FN. The minimum atomic E-state index is -0.168. The van der Waals surface area contributed by atoms with Gasteiger partial charge in [-0.1, -0.05) is 44.7 Å². The molecule has 1 N–H and O–H groups in total. The summed E-state index contributed by atoms with van der Waals surface area (Å²) >= 11 is 0. The van der Waals surface area contributed by atoms with Gasteiger partial charge in [0.05, 0.1) is 0 Å². The van der Waals surface area contributed by atoms with Crippen LogP contribution in [-0.2, 0) is 0 Å². The molecular weight excluding hydrogens is 225 g/mol. The van der Waals surface area contributed by atoms with Crippen LogP contribution in [0.3, 0.4) is 0 Å². The Kier molecular flexibility index (Phi) is 6.96. The van der Waals surface area contributed by atoms with Crippen molar-refractivity contribution >= 4 is 0 Å². The molecule has 0 aliphatic rings. The molecule has 0 saturated carbocycles. The van der Waals surface area contributed by atoms with Gasteiger partial charge in [-0.3, -0.25) is 0 Å². The van der Waals surface area contributed by atoms with E-state index < -0.39 is 0 Å². The minimum Gasteiger partial charge on any atom is -0.308 e. The molecule has 1 aromatic rings. The first-order valence-corrected chi connectivity index (χ1v) is 7.15. The lowest BCUT2D eigenvalue weighted by Crippen LogP contribution is -2.28.